The highest BCUT2D eigenvalue weighted by Crippen LogP contribution is 2.37. The van der Waals surface area contributed by atoms with Crippen LogP contribution in [0.5, 0.6) is 5.75 Å². The van der Waals surface area contributed by atoms with E-state index < -0.39 is 36.1 Å². The van der Waals surface area contributed by atoms with Crippen molar-refractivity contribution in [2.75, 3.05) is 7.05 Å². The van der Waals surface area contributed by atoms with Crippen molar-refractivity contribution in [2.24, 2.45) is 0 Å². The highest BCUT2D eigenvalue weighted by atomic mass is 19.4. The van der Waals surface area contributed by atoms with Crippen LogP contribution in [0.25, 0.3) is 11.1 Å². The van der Waals surface area contributed by atoms with Crippen LogP contribution in [0.2, 0.25) is 0 Å². The minimum Gasteiger partial charge on any atom is -0.410 e. The van der Waals surface area contributed by atoms with Gasteiger partial charge in [0.15, 0.2) is 0 Å². The van der Waals surface area contributed by atoms with E-state index >= 15 is 0 Å². The first kappa shape index (κ1) is 24.2. The quantitative estimate of drug-likeness (QED) is 0.376. The number of hydrogen-bond acceptors (Lipinski definition) is 2. The van der Waals surface area contributed by atoms with Crippen LogP contribution in [0, 0.1) is 6.92 Å². The first-order valence-electron chi connectivity index (χ1n) is 9.72. The van der Waals surface area contributed by atoms with Crippen molar-refractivity contribution in [3.8, 4) is 16.9 Å². The summed E-state index contributed by atoms with van der Waals surface area (Å²) in [4.78, 5) is 13.5. The van der Waals surface area contributed by atoms with Crippen molar-refractivity contribution >= 4 is 6.09 Å². The summed E-state index contributed by atoms with van der Waals surface area (Å²) >= 11 is 0. The molecule has 0 aliphatic carbocycles. The van der Waals surface area contributed by atoms with Crippen LogP contribution in [0.15, 0.2) is 66.7 Å². The molecule has 0 N–H and O–H groups in total. The van der Waals surface area contributed by atoms with Crippen LogP contribution in [-0.4, -0.2) is 18.0 Å². The molecule has 0 aromatic heterocycles. The normalized spacial score (nSPS) is 11.9. The third kappa shape index (κ3) is 5.85. The molecule has 33 heavy (non-hydrogen) atoms. The van der Waals surface area contributed by atoms with Gasteiger partial charge in [0.25, 0.3) is 0 Å². The Morgan fingerprint density at radius 3 is 1.88 bits per heavy atom. The smallest absolute Gasteiger partial charge is 0.410 e. The number of benzene rings is 3. The Hall–Kier alpha value is -3.49. The molecule has 0 aliphatic rings. The lowest BCUT2D eigenvalue weighted by Crippen LogP contribution is -2.29. The molecule has 0 saturated carbocycles. The summed E-state index contributed by atoms with van der Waals surface area (Å²) in [5.41, 5.74) is -0.855. The Labute approximate surface area is 186 Å². The maximum atomic E-state index is 13.1. The summed E-state index contributed by atoms with van der Waals surface area (Å²) in [6.45, 7) is 1.37. The van der Waals surface area contributed by atoms with Gasteiger partial charge in [0.05, 0.1) is 11.1 Å². The Bertz CT molecular complexity index is 1120. The monoisotopic (exact) mass is 467 g/mol. The van der Waals surface area contributed by atoms with Crippen LogP contribution < -0.4 is 4.74 Å². The van der Waals surface area contributed by atoms with Crippen molar-refractivity contribution < 1.29 is 35.9 Å². The zero-order valence-electron chi connectivity index (χ0n) is 17.6. The Balaban J connectivity index is 1.85. The number of halogens is 6. The number of carbonyl (C=O) groups is 1. The van der Waals surface area contributed by atoms with Crippen molar-refractivity contribution in [1.82, 2.24) is 4.90 Å². The van der Waals surface area contributed by atoms with Crippen LogP contribution in [0.3, 0.4) is 0 Å². The van der Waals surface area contributed by atoms with Gasteiger partial charge < -0.3 is 9.64 Å². The fourth-order valence-corrected chi connectivity index (χ4v) is 3.27. The Morgan fingerprint density at radius 1 is 0.818 bits per heavy atom. The molecule has 3 aromatic carbocycles. The van der Waals surface area contributed by atoms with E-state index in [0.717, 1.165) is 16.0 Å². The van der Waals surface area contributed by atoms with E-state index in [1.165, 1.54) is 7.05 Å². The predicted octanol–water partition coefficient (Wildman–Crippen LogP) is 7.33. The van der Waals surface area contributed by atoms with Crippen molar-refractivity contribution in [3.05, 3.63) is 89.0 Å². The van der Waals surface area contributed by atoms with Gasteiger partial charge in [-0.2, -0.15) is 26.3 Å². The van der Waals surface area contributed by atoms with Gasteiger partial charge in [-0.15, -0.1) is 0 Å². The molecule has 0 unspecified atom stereocenters. The van der Waals surface area contributed by atoms with Crippen molar-refractivity contribution in [2.45, 2.75) is 25.8 Å². The van der Waals surface area contributed by atoms with E-state index in [4.69, 9.17) is 4.74 Å². The molecular weight excluding hydrogens is 448 g/mol. The number of alkyl halides is 6. The van der Waals surface area contributed by atoms with Crippen molar-refractivity contribution in [3.63, 3.8) is 0 Å². The molecule has 0 fully saturated rings. The summed E-state index contributed by atoms with van der Waals surface area (Å²) in [6, 6.07) is 15.3. The second-order valence-corrected chi connectivity index (χ2v) is 7.45. The molecule has 9 heteroatoms. The molecular formula is C24H19F6NO2. The minimum absolute atomic E-state index is 0.0419. The second kappa shape index (κ2) is 9.17. The highest BCUT2D eigenvalue weighted by molar-refractivity contribution is 5.78. The van der Waals surface area contributed by atoms with Gasteiger partial charge in [-0.25, -0.2) is 4.79 Å². The highest BCUT2D eigenvalue weighted by Gasteiger charge is 2.37. The molecule has 0 saturated heterocycles. The number of rotatable bonds is 4. The molecule has 0 aliphatic heterocycles. The lowest BCUT2D eigenvalue weighted by Gasteiger charge is -2.20. The number of ether oxygens (including phenoxy) is 1. The topological polar surface area (TPSA) is 29.5 Å². The molecule has 3 aromatic rings. The average molecular weight is 467 g/mol. The molecule has 0 radical (unpaired) electrons. The summed E-state index contributed by atoms with van der Waals surface area (Å²) in [5, 5.41) is 0. The number of aryl methyl sites for hydroxylation is 1. The summed E-state index contributed by atoms with van der Waals surface area (Å²) < 4.78 is 83.9. The van der Waals surface area contributed by atoms with Gasteiger partial charge in [0.2, 0.25) is 0 Å². The number of hydrogen-bond donors (Lipinski definition) is 0. The first-order valence-corrected chi connectivity index (χ1v) is 9.72. The SMILES string of the molecule is Cc1ccccc1-c1ccccc1OC(=O)N(C)Cc1cc(C(F)(F)F)cc(C(F)(F)F)c1. The van der Waals surface area contributed by atoms with E-state index in [0.29, 0.717) is 17.7 Å². The summed E-state index contributed by atoms with van der Waals surface area (Å²) in [5.74, 6) is 0.212. The van der Waals surface area contributed by atoms with E-state index in [9.17, 15) is 31.1 Å². The Kier molecular flexibility index (Phi) is 6.71. The summed E-state index contributed by atoms with van der Waals surface area (Å²) in [6.07, 6.45) is -10.9. The molecule has 174 valence electrons. The second-order valence-electron chi connectivity index (χ2n) is 7.45. The number of amides is 1. The fraction of sp³-hybridized carbons (Fsp3) is 0.208. The maximum absolute atomic E-state index is 13.1. The molecule has 0 heterocycles. The van der Waals surface area contributed by atoms with Gasteiger partial charge in [-0.3, -0.25) is 0 Å². The van der Waals surface area contributed by atoms with E-state index in [2.05, 4.69) is 0 Å². The standard InChI is InChI=1S/C24H19F6NO2/c1-15-7-3-4-8-19(15)20-9-5-6-10-21(20)33-22(32)31(2)14-16-11-17(23(25,26)27)13-18(12-16)24(28,29)30/h3-13H,14H2,1-2H3. The first-order chi connectivity index (χ1) is 15.4. The van der Waals surface area contributed by atoms with E-state index in [1.54, 1.807) is 24.3 Å². The zero-order chi connectivity index (χ0) is 24.4. The third-order valence-corrected chi connectivity index (χ3v) is 4.90. The van der Waals surface area contributed by atoms with Gasteiger partial charge >= 0.3 is 18.4 Å². The predicted molar refractivity (Wildman–Crippen MR) is 111 cm³/mol. The largest absolute Gasteiger partial charge is 0.416 e. The maximum Gasteiger partial charge on any atom is 0.416 e. The van der Waals surface area contributed by atoms with Crippen LogP contribution in [-0.2, 0) is 18.9 Å². The zero-order valence-corrected chi connectivity index (χ0v) is 17.6. The third-order valence-electron chi connectivity index (χ3n) is 4.90. The molecule has 0 bridgehead atoms. The number of para-hydroxylation sites is 1. The van der Waals surface area contributed by atoms with E-state index in [-0.39, 0.29) is 17.4 Å². The van der Waals surface area contributed by atoms with Crippen molar-refractivity contribution in [1.29, 1.82) is 0 Å². The number of carbonyl (C=O) groups excluding carboxylic acids is 1. The van der Waals surface area contributed by atoms with Gasteiger partial charge in [0, 0.05) is 19.2 Å². The van der Waals surface area contributed by atoms with Gasteiger partial charge in [-0.05, 0) is 47.9 Å². The molecule has 3 nitrogen and oxygen atoms in total. The van der Waals surface area contributed by atoms with Crippen LogP contribution >= 0.6 is 0 Å². The average Bonchev–Trinajstić information content (AvgIpc) is 2.73. The van der Waals surface area contributed by atoms with Crippen LogP contribution in [0.4, 0.5) is 31.1 Å². The van der Waals surface area contributed by atoms with E-state index in [1.807, 2.05) is 31.2 Å². The minimum atomic E-state index is -4.97. The molecule has 0 spiro atoms. The lowest BCUT2D eigenvalue weighted by atomic mass is 10.00. The summed E-state index contributed by atoms with van der Waals surface area (Å²) in [7, 11) is 1.23. The molecule has 0 atom stereocenters. The number of nitrogens with zero attached hydrogens (tertiary/aromatic N) is 1. The lowest BCUT2D eigenvalue weighted by molar-refractivity contribution is -0.143. The van der Waals surface area contributed by atoms with Gasteiger partial charge in [0.1, 0.15) is 5.75 Å². The Morgan fingerprint density at radius 2 is 1.33 bits per heavy atom. The van der Waals surface area contributed by atoms with Crippen LogP contribution in [0.1, 0.15) is 22.3 Å². The fourth-order valence-electron chi connectivity index (χ4n) is 3.27. The molecule has 1 amide bonds. The molecule has 3 rings (SSSR count). The van der Waals surface area contributed by atoms with Gasteiger partial charge in [-0.1, -0.05) is 42.5 Å².